The van der Waals surface area contributed by atoms with Crippen molar-refractivity contribution in [2.24, 2.45) is 5.73 Å². The van der Waals surface area contributed by atoms with E-state index in [0.717, 1.165) is 81.7 Å². The molecule has 2 saturated heterocycles. The number of nitrogens with one attached hydrogen (secondary N) is 1. The number of nitrogens with zero attached hydrogens (tertiary/aromatic N) is 4. The van der Waals surface area contributed by atoms with E-state index in [2.05, 4.69) is 44.3 Å². The molecule has 0 aromatic heterocycles. The number of allylic oxidation sites excluding steroid dienone is 1. The highest BCUT2D eigenvalue weighted by Gasteiger charge is 2.20. The van der Waals surface area contributed by atoms with Gasteiger partial charge in [-0.15, -0.1) is 0 Å². The topological polar surface area (TPSA) is 90.0 Å². The van der Waals surface area contributed by atoms with Crippen LogP contribution in [0.4, 0.5) is 11.4 Å². The molecule has 2 fully saturated rings. The summed E-state index contributed by atoms with van der Waals surface area (Å²) in [4.78, 5) is 7.06. The highest BCUT2D eigenvalue weighted by Crippen LogP contribution is 2.29. The number of anilines is 2. The van der Waals surface area contributed by atoms with Crippen LogP contribution in [-0.4, -0.2) is 76.5 Å². The van der Waals surface area contributed by atoms with Crippen molar-refractivity contribution in [2.75, 3.05) is 76.4 Å². The van der Waals surface area contributed by atoms with E-state index in [1.54, 1.807) is 14.2 Å². The first-order valence-corrected chi connectivity index (χ1v) is 13.5. The van der Waals surface area contributed by atoms with E-state index in [1.807, 2.05) is 37.3 Å². The Balaban J connectivity index is 0.000000230. The molecular weight excluding hydrogens is 496 g/mol. The zero-order chi connectivity index (χ0) is 27.3. The van der Waals surface area contributed by atoms with E-state index in [1.165, 1.54) is 12.1 Å². The van der Waals surface area contributed by atoms with Crippen molar-refractivity contribution in [2.45, 2.75) is 19.8 Å². The molecule has 8 nitrogen and oxygen atoms in total. The lowest BCUT2D eigenvalue weighted by Crippen LogP contribution is -2.31. The predicted octanol–water partition coefficient (Wildman–Crippen LogP) is 3.79. The van der Waals surface area contributed by atoms with Gasteiger partial charge >= 0.3 is 0 Å². The summed E-state index contributed by atoms with van der Waals surface area (Å²) in [5.74, 6) is 1.86. The molecule has 2 aromatic carbocycles. The molecule has 2 aromatic rings. The molecule has 0 saturated carbocycles. The minimum Gasteiger partial charge on any atom is -0.495 e. The largest absolute Gasteiger partial charge is 0.495 e. The van der Waals surface area contributed by atoms with Gasteiger partial charge in [0.15, 0.2) is 0 Å². The van der Waals surface area contributed by atoms with E-state index < -0.39 is 0 Å². The second-order valence-electron chi connectivity index (χ2n) is 9.20. The van der Waals surface area contributed by atoms with Gasteiger partial charge < -0.3 is 35.2 Å². The summed E-state index contributed by atoms with van der Waals surface area (Å²) in [5.41, 5.74) is 9.24. The van der Waals surface area contributed by atoms with Crippen LogP contribution >= 0.6 is 12.2 Å². The molecule has 0 bridgehead atoms. The number of hydrogen-bond acceptors (Lipinski definition) is 8. The second kappa shape index (κ2) is 15.1. The normalized spacial score (nSPS) is 16.6. The van der Waals surface area contributed by atoms with Gasteiger partial charge in [-0.25, -0.2) is 0 Å². The van der Waals surface area contributed by atoms with Gasteiger partial charge in [0.25, 0.3) is 0 Å². The van der Waals surface area contributed by atoms with Gasteiger partial charge in [-0.1, -0.05) is 36.5 Å². The maximum Gasteiger partial charge on any atom is 0.142 e. The van der Waals surface area contributed by atoms with Gasteiger partial charge in [0.1, 0.15) is 28.1 Å². The first-order chi connectivity index (χ1) is 18.5. The van der Waals surface area contributed by atoms with Crippen LogP contribution in [0.25, 0.3) is 0 Å². The summed E-state index contributed by atoms with van der Waals surface area (Å²) in [6, 6.07) is 18.4. The molecule has 204 valence electrons. The third-order valence-electron chi connectivity index (χ3n) is 6.88. The van der Waals surface area contributed by atoms with Crippen molar-refractivity contribution in [1.29, 1.82) is 5.26 Å². The molecule has 38 heavy (non-hydrogen) atoms. The molecule has 0 aliphatic carbocycles. The van der Waals surface area contributed by atoms with E-state index in [9.17, 15) is 5.26 Å². The van der Waals surface area contributed by atoms with Crippen LogP contribution in [0.2, 0.25) is 0 Å². The maximum atomic E-state index is 9.24. The maximum absolute atomic E-state index is 9.24. The molecule has 9 heteroatoms. The molecule has 3 N–H and O–H groups in total. The standard InChI is InChI=1S/C17H22N4OS.C12H18N2O/c1-13(14(12-18)17(19)23)20-8-5-9-21(11-10-20)15-6-3-4-7-16(15)22-2;1-15-12-6-3-2-5-11(12)14-9-4-7-13-8-10-14/h3-4,6-7H,5,8-11H2,1-2H3,(H2,19,23);2-3,5-6,13H,4,7-10H2,1H3/b14-13-;. The lowest BCUT2D eigenvalue weighted by Gasteiger charge is -2.26. The summed E-state index contributed by atoms with van der Waals surface area (Å²) < 4.78 is 10.8. The fourth-order valence-electron chi connectivity index (χ4n) is 4.83. The number of nitriles is 1. The van der Waals surface area contributed by atoms with Crippen LogP contribution in [0.5, 0.6) is 11.5 Å². The molecule has 0 atom stereocenters. The summed E-state index contributed by atoms with van der Waals surface area (Å²) >= 11 is 4.97. The van der Waals surface area contributed by atoms with Crippen molar-refractivity contribution < 1.29 is 9.47 Å². The monoisotopic (exact) mass is 536 g/mol. The van der Waals surface area contributed by atoms with E-state index in [4.69, 9.17) is 27.4 Å². The van der Waals surface area contributed by atoms with Crippen molar-refractivity contribution in [3.63, 3.8) is 0 Å². The Bertz CT molecular complexity index is 1120. The van der Waals surface area contributed by atoms with E-state index >= 15 is 0 Å². The minimum absolute atomic E-state index is 0.163. The summed E-state index contributed by atoms with van der Waals surface area (Å²) in [7, 11) is 3.42. The molecule has 2 aliphatic heterocycles. The zero-order valence-electron chi connectivity index (χ0n) is 22.8. The smallest absolute Gasteiger partial charge is 0.142 e. The quantitative estimate of drug-likeness (QED) is 0.325. The molecule has 2 heterocycles. The Morgan fingerprint density at radius 3 is 2.00 bits per heavy atom. The first-order valence-electron chi connectivity index (χ1n) is 13.1. The highest BCUT2D eigenvalue weighted by molar-refractivity contribution is 7.80. The van der Waals surface area contributed by atoms with Gasteiger partial charge in [0.05, 0.1) is 25.6 Å². The third kappa shape index (κ3) is 7.76. The molecule has 4 rings (SSSR count). The molecule has 0 amide bonds. The number of rotatable bonds is 6. The van der Waals surface area contributed by atoms with Crippen molar-refractivity contribution in [3.05, 3.63) is 59.8 Å². The van der Waals surface area contributed by atoms with Gasteiger partial charge in [-0.2, -0.15) is 5.26 Å². The number of thiocarbonyl (C=S) groups is 1. The average Bonchev–Trinajstić information content (AvgIpc) is 3.37. The van der Waals surface area contributed by atoms with E-state index in [0.29, 0.717) is 5.57 Å². The fourth-order valence-corrected chi connectivity index (χ4v) is 5.03. The average molecular weight is 537 g/mol. The zero-order valence-corrected chi connectivity index (χ0v) is 23.6. The van der Waals surface area contributed by atoms with E-state index in [-0.39, 0.29) is 4.99 Å². The lowest BCUT2D eigenvalue weighted by molar-refractivity contribution is 0.368. The number of ether oxygens (including phenoxy) is 2. The molecule has 2 aliphatic rings. The van der Waals surface area contributed by atoms with Crippen molar-refractivity contribution in [1.82, 2.24) is 10.2 Å². The summed E-state index contributed by atoms with van der Waals surface area (Å²) in [6.07, 6.45) is 2.18. The third-order valence-corrected chi connectivity index (χ3v) is 7.09. The van der Waals surface area contributed by atoms with Crippen molar-refractivity contribution in [3.8, 4) is 17.6 Å². The molecule has 0 radical (unpaired) electrons. The van der Waals surface area contributed by atoms with Crippen LogP contribution in [0, 0.1) is 11.3 Å². The molecular formula is C29H40N6O2S. The van der Waals surface area contributed by atoms with Crippen LogP contribution in [0.15, 0.2) is 59.8 Å². The fraction of sp³-hybridized carbons (Fsp3) is 0.448. The Morgan fingerprint density at radius 1 is 0.842 bits per heavy atom. The first kappa shape index (κ1) is 29.1. The summed E-state index contributed by atoms with van der Waals surface area (Å²) in [6.45, 7) is 9.74. The minimum atomic E-state index is 0.163. The number of benzene rings is 2. The number of para-hydroxylation sites is 4. The van der Waals surface area contributed by atoms with Gasteiger partial charge in [0.2, 0.25) is 0 Å². The Kier molecular flexibility index (Phi) is 11.5. The van der Waals surface area contributed by atoms with Crippen LogP contribution in [-0.2, 0) is 0 Å². The lowest BCUT2D eigenvalue weighted by atomic mass is 10.2. The Labute approximate surface area is 232 Å². The Hall–Kier alpha value is -3.48. The molecule has 0 spiro atoms. The van der Waals surface area contributed by atoms with Crippen LogP contribution in [0.1, 0.15) is 19.8 Å². The van der Waals surface area contributed by atoms with Gasteiger partial charge in [-0.05, 0) is 50.6 Å². The summed E-state index contributed by atoms with van der Waals surface area (Å²) in [5, 5.41) is 12.6. The molecule has 0 unspecified atom stereocenters. The van der Waals surface area contributed by atoms with Crippen molar-refractivity contribution >= 4 is 28.6 Å². The second-order valence-corrected chi connectivity index (χ2v) is 9.64. The van der Waals surface area contributed by atoms with Gasteiger partial charge in [-0.3, -0.25) is 0 Å². The SMILES string of the molecule is COc1ccccc1N1CCCN(/C(C)=C(/C#N)C(N)=S)CC1.COc1ccccc1N1CCCNCC1. The number of nitrogens with two attached hydrogens (primary N) is 1. The van der Waals surface area contributed by atoms with Crippen LogP contribution in [0.3, 0.4) is 0 Å². The highest BCUT2D eigenvalue weighted by atomic mass is 32.1. The number of hydrogen-bond donors (Lipinski definition) is 2. The number of methoxy groups -OCH3 is 2. The predicted molar refractivity (Wildman–Crippen MR) is 159 cm³/mol. The van der Waals surface area contributed by atoms with Crippen LogP contribution < -0.4 is 30.3 Å². The Morgan fingerprint density at radius 2 is 1.42 bits per heavy atom. The van der Waals surface area contributed by atoms with Gasteiger partial charge in [0, 0.05) is 51.5 Å².